The Kier molecular flexibility index (Phi) is 7.37. The Morgan fingerprint density at radius 2 is 1.76 bits per heavy atom. The maximum Gasteiger partial charge on any atom is 0.254 e. The zero-order chi connectivity index (χ0) is 24.2. The highest BCUT2D eigenvalue weighted by atomic mass is 32.1. The van der Waals surface area contributed by atoms with Crippen LogP contribution in [-0.4, -0.2) is 47.4 Å². The summed E-state index contributed by atoms with van der Waals surface area (Å²) in [6.45, 7) is 8.91. The molecule has 2 aromatic carbocycles. The molecular weight excluding hydrogens is 444 g/mol. The lowest BCUT2D eigenvalue weighted by Gasteiger charge is -2.38. The molecule has 178 valence electrons. The van der Waals surface area contributed by atoms with Crippen LogP contribution in [-0.2, 0) is 11.2 Å². The number of thiophene rings is 1. The number of fused-ring (bicyclic) bond motifs is 1. The van der Waals surface area contributed by atoms with E-state index in [2.05, 4.69) is 11.4 Å². The Morgan fingerprint density at radius 1 is 1.06 bits per heavy atom. The van der Waals surface area contributed by atoms with Gasteiger partial charge < -0.3 is 14.5 Å². The molecule has 4 rings (SSSR count). The second-order valence-corrected chi connectivity index (χ2v) is 10.1. The highest BCUT2D eigenvalue weighted by Gasteiger charge is 2.34. The van der Waals surface area contributed by atoms with E-state index in [4.69, 9.17) is 4.74 Å². The van der Waals surface area contributed by atoms with Gasteiger partial charge >= 0.3 is 0 Å². The molecule has 0 N–H and O–H groups in total. The maximum absolute atomic E-state index is 13.6. The van der Waals surface area contributed by atoms with Crippen molar-refractivity contribution in [2.45, 2.75) is 46.2 Å². The number of hydrogen-bond donors (Lipinski definition) is 0. The van der Waals surface area contributed by atoms with Crippen molar-refractivity contribution in [3.8, 4) is 5.75 Å². The van der Waals surface area contributed by atoms with Crippen LogP contribution >= 0.6 is 11.3 Å². The van der Waals surface area contributed by atoms with Gasteiger partial charge in [0.1, 0.15) is 18.9 Å². The van der Waals surface area contributed by atoms with Gasteiger partial charge in [-0.1, -0.05) is 36.4 Å². The van der Waals surface area contributed by atoms with E-state index >= 15 is 0 Å². The molecule has 34 heavy (non-hydrogen) atoms. The number of hydrogen-bond acceptors (Lipinski definition) is 4. The summed E-state index contributed by atoms with van der Waals surface area (Å²) in [4.78, 5) is 31.9. The molecule has 2 amide bonds. The number of nitrogens with zero attached hydrogens (tertiary/aromatic N) is 2. The van der Waals surface area contributed by atoms with Gasteiger partial charge in [0.2, 0.25) is 5.91 Å². The van der Waals surface area contributed by atoms with Gasteiger partial charge in [-0.15, -0.1) is 11.3 Å². The van der Waals surface area contributed by atoms with Gasteiger partial charge in [-0.2, -0.15) is 0 Å². The van der Waals surface area contributed by atoms with Crippen LogP contribution in [0.5, 0.6) is 5.75 Å². The summed E-state index contributed by atoms with van der Waals surface area (Å²) in [7, 11) is 0. The Morgan fingerprint density at radius 3 is 2.47 bits per heavy atom. The Bertz CT molecular complexity index is 1170. The lowest BCUT2D eigenvalue weighted by Crippen LogP contribution is -2.49. The minimum atomic E-state index is -0.176. The van der Waals surface area contributed by atoms with Crippen LogP contribution in [0.4, 0.5) is 0 Å². The standard InChI is InChI=1S/C28H32N2O3S/c1-19(2)30(28(32)22-11-7-5-9-20(22)3)17-27(31)29-15-13-26-23(14-16-34-26)24(29)18-33-25-12-8-6-10-21(25)4/h5-12,14,16,19,24H,13,15,17-18H2,1-4H3/t24-/m1/s1. The summed E-state index contributed by atoms with van der Waals surface area (Å²) < 4.78 is 6.20. The molecule has 0 aliphatic carbocycles. The number of carbonyl (C=O) groups is 2. The van der Waals surface area contributed by atoms with E-state index in [0.29, 0.717) is 18.7 Å². The molecule has 0 saturated heterocycles. The van der Waals surface area contributed by atoms with Gasteiger partial charge in [-0.25, -0.2) is 0 Å². The number of para-hydroxylation sites is 1. The van der Waals surface area contributed by atoms with Gasteiger partial charge in [0, 0.05) is 23.0 Å². The van der Waals surface area contributed by atoms with Crippen molar-refractivity contribution in [3.05, 3.63) is 87.1 Å². The molecule has 0 bridgehead atoms. The van der Waals surface area contributed by atoms with Crippen LogP contribution in [0, 0.1) is 13.8 Å². The number of aryl methyl sites for hydroxylation is 2. The molecule has 1 aliphatic heterocycles. The second kappa shape index (κ2) is 10.4. The normalized spacial score (nSPS) is 15.2. The molecular formula is C28H32N2O3S. The average Bonchev–Trinajstić information content (AvgIpc) is 3.30. The smallest absolute Gasteiger partial charge is 0.254 e. The van der Waals surface area contributed by atoms with Crippen LogP contribution in [0.2, 0.25) is 0 Å². The minimum Gasteiger partial charge on any atom is -0.491 e. The van der Waals surface area contributed by atoms with Gasteiger partial charge in [0.25, 0.3) is 5.91 Å². The van der Waals surface area contributed by atoms with Crippen LogP contribution < -0.4 is 4.74 Å². The van der Waals surface area contributed by atoms with Gasteiger partial charge in [0.05, 0.1) is 6.04 Å². The zero-order valence-electron chi connectivity index (χ0n) is 20.3. The zero-order valence-corrected chi connectivity index (χ0v) is 21.1. The van der Waals surface area contributed by atoms with E-state index in [9.17, 15) is 9.59 Å². The van der Waals surface area contributed by atoms with Crippen LogP contribution in [0.1, 0.15) is 51.8 Å². The third-order valence-corrected chi connectivity index (χ3v) is 7.47. The highest BCUT2D eigenvalue weighted by molar-refractivity contribution is 7.10. The summed E-state index contributed by atoms with van der Waals surface area (Å²) in [5, 5.41) is 2.08. The number of rotatable bonds is 7. The largest absolute Gasteiger partial charge is 0.491 e. The van der Waals surface area contributed by atoms with Crippen molar-refractivity contribution in [1.82, 2.24) is 9.80 Å². The van der Waals surface area contributed by atoms with Gasteiger partial charge in [-0.05, 0) is 74.4 Å². The SMILES string of the molecule is Cc1ccccc1OC[C@@H]1c2ccsc2CCN1C(=O)CN(C(=O)c1ccccc1C)C(C)C. The van der Waals surface area contributed by atoms with Crippen molar-refractivity contribution in [2.24, 2.45) is 0 Å². The second-order valence-electron chi connectivity index (χ2n) is 9.07. The number of amides is 2. The molecule has 5 nitrogen and oxygen atoms in total. The lowest BCUT2D eigenvalue weighted by molar-refractivity contribution is -0.136. The average molecular weight is 477 g/mol. The van der Waals surface area contributed by atoms with Gasteiger partial charge in [0.15, 0.2) is 0 Å². The molecule has 1 atom stereocenters. The summed E-state index contributed by atoms with van der Waals surface area (Å²) in [6, 6.07) is 17.3. The van der Waals surface area contributed by atoms with Crippen molar-refractivity contribution >= 4 is 23.2 Å². The van der Waals surface area contributed by atoms with E-state index in [-0.39, 0.29) is 30.4 Å². The molecule has 1 aromatic heterocycles. The number of carbonyl (C=O) groups excluding carboxylic acids is 2. The predicted octanol–water partition coefficient (Wildman–Crippen LogP) is 5.42. The van der Waals surface area contributed by atoms with E-state index < -0.39 is 0 Å². The minimum absolute atomic E-state index is 0.0468. The van der Waals surface area contributed by atoms with Crippen LogP contribution in [0.3, 0.4) is 0 Å². The van der Waals surface area contributed by atoms with E-state index in [0.717, 1.165) is 28.9 Å². The highest BCUT2D eigenvalue weighted by Crippen LogP contribution is 2.34. The first-order chi connectivity index (χ1) is 16.4. The molecule has 1 aliphatic rings. The Labute approximate surface area is 206 Å². The summed E-state index contributed by atoms with van der Waals surface area (Å²) in [5.74, 6) is 0.670. The van der Waals surface area contributed by atoms with Gasteiger partial charge in [-0.3, -0.25) is 9.59 Å². The van der Waals surface area contributed by atoms with E-state index in [1.165, 1.54) is 4.88 Å². The molecule has 0 unspecified atom stereocenters. The summed E-state index contributed by atoms with van der Waals surface area (Å²) in [5.41, 5.74) is 3.77. The molecule has 6 heteroatoms. The fraction of sp³-hybridized carbons (Fsp3) is 0.357. The maximum atomic E-state index is 13.6. The third-order valence-electron chi connectivity index (χ3n) is 6.47. The lowest BCUT2D eigenvalue weighted by atomic mass is 10.00. The molecule has 0 fully saturated rings. The first-order valence-electron chi connectivity index (χ1n) is 11.8. The topological polar surface area (TPSA) is 49.9 Å². The first-order valence-corrected chi connectivity index (χ1v) is 12.7. The van der Waals surface area contributed by atoms with Crippen molar-refractivity contribution < 1.29 is 14.3 Å². The fourth-order valence-corrected chi connectivity index (χ4v) is 5.38. The van der Waals surface area contributed by atoms with Crippen molar-refractivity contribution in [3.63, 3.8) is 0 Å². The summed E-state index contributed by atoms with van der Waals surface area (Å²) >= 11 is 1.73. The van der Waals surface area contributed by atoms with E-state index in [1.807, 2.05) is 81.1 Å². The van der Waals surface area contributed by atoms with Crippen molar-refractivity contribution in [1.29, 1.82) is 0 Å². The predicted molar refractivity (Wildman–Crippen MR) is 137 cm³/mol. The number of benzene rings is 2. The quantitative estimate of drug-likeness (QED) is 0.457. The fourth-order valence-electron chi connectivity index (χ4n) is 4.45. The number of ether oxygens (including phenoxy) is 1. The Balaban J connectivity index is 1.55. The molecule has 0 spiro atoms. The van der Waals surface area contributed by atoms with Crippen molar-refractivity contribution in [2.75, 3.05) is 19.7 Å². The molecule has 0 saturated carbocycles. The first kappa shape index (κ1) is 24.0. The van der Waals surface area contributed by atoms with Crippen LogP contribution in [0.25, 0.3) is 0 Å². The third kappa shape index (κ3) is 5.02. The monoisotopic (exact) mass is 476 g/mol. The van der Waals surface area contributed by atoms with E-state index in [1.54, 1.807) is 16.2 Å². The molecule has 2 heterocycles. The summed E-state index contributed by atoms with van der Waals surface area (Å²) in [6.07, 6.45) is 0.826. The molecule has 0 radical (unpaired) electrons. The Hall–Kier alpha value is -3.12. The van der Waals surface area contributed by atoms with Crippen LogP contribution in [0.15, 0.2) is 60.0 Å². The molecule has 3 aromatic rings.